The van der Waals surface area contributed by atoms with E-state index in [4.69, 9.17) is 13.9 Å². The number of fused-ring (bicyclic) bond motifs is 2. The normalized spacial score (nSPS) is 29.5. The van der Waals surface area contributed by atoms with Gasteiger partial charge < -0.3 is 13.9 Å². The van der Waals surface area contributed by atoms with Crippen LogP contribution in [0, 0.1) is 0 Å². The second-order valence-electron chi connectivity index (χ2n) is 9.32. The van der Waals surface area contributed by atoms with Crippen molar-refractivity contribution in [2.75, 3.05) is 6.61 Å². The van der Waals surface area contributed by atoms with E-state index in [0.29, 0.717) is 12.4 Å². The smallest absolute Gasteiger partial charge is 0.351 e. The zero-order valence-electron chi connectivity index (χ0n) is 17.8. The molecule has 2 aliphatic heterocycles. The topological polar surface area (TPSA) is 93.3 Å². The van der Waals surface area contributed by atoms with Crippen LogP contribution in [-0.4, -0.2) is 57.0 Å². The van der Waals surface area contributed by atoms with Gasteiger partial charge in [0.2, 0.25) is 0 Å². The third-order valence-corrected chi connectivity index (χ3v) is 11.0. The van der Waals surface area contributed by atoms with Gasteiger partial charge in [0.15, 0.2) is 20.4 Å². The summed E-state index contributed by atoms with van der Waals surface area (Å²) in [5.41, 5.74) is -0.967. The lowest BCUT2D eigenvalue weighted by Crippen LogP contribution is -2.51. The average Bonchev–Trinajstić information content (AvgIpc) is 3.36. The Balaban J connectivity index is 1.65. The van der Waals surface area contributed by atoms with E-state index < -0.39 is 25.8 Å². The van der Waals surface area contributed by atoms with Crippen LogP contribution in [0.1, 0.15) is 40.3 Å². The summed E-state index contributed by atoms with van der Waals surface area (Å²) in [4.78, 5) is 20.8. The Morgan fingerprint density at radius 2 is 2.14 bits per heavy atom. The second-order valence-corrected chi connectivity index (χ2v) is 14.1. The largest absolute Gasteiger partial charge is 0.408 e. The molecule has 10 heteroatoms. The predicted octanol–water partition coefficient (Wildman–Crippen LogP) is 2.29. The third kappa shape index (κ3) is 3.27. The molecule has 0 spiro atoms. The fourth-order valence-corrected chi connectivity index (χ4v) is 5.01. The Kier molecular flexibility index (Phi) is 4.80. The van der Waals surface area contributed by atoms with Crippen LogP contribution in [0.15, 0.2) is 29.7 Å². The molecule has 0 saturated carbocycles. The van der Waals surface area contributed by atoms with E-state index in [1.807, 2.05) is 0 Å². The maximum absolute atomic E-state index is 12.8. The Labute approximate surface area is 171 Å². The monoisotopic (exact) mass is 419 g/mol. The summed E-state index contributed by atoms with van der Waals surface area (Å²) in [5.74, 6) is 0.409. The first-order valence-electron chi connectivity index (χ1n) is 9.99. The molecule has 4 atom stereocenters. The quantitative estimate of drug-likeness (QED) is 0.687. The first-order chi connectivity index (χ1) is 13.6. The van der Waals surface area contributed by atoms with Crippen LogP contribution < -0.4 is 5.69 Å². The van der Waals surface area contributed by atoms with Gasteiger partial charge in [0.25, 0.3) is 0 Å². The summed E-state index contributed by atoms with van der Waals surface area (Å²) in [6.45, 7) is 13.6. The molecule has 4 rings (SSSR count). The molecule has 9 nitrogen and oxygen atoms in total. The number of aromatic nitrogens is 5. The van der Waals surface area contributed by atoms with Gasteiger partial charge in [0.05, 0.1) is 6.61 Å². The minimum Gasteiger partial charge on any atom is -0.408 e. The second kappa shape index (κ2) is 6.83. The molecule has 2 aromatic rings. The highest BCUT2D eigenvalue weighted by molar-refractivity contribution is 6.74. The molecule has 0 N–H and O–H groups in total. The highest BCUT2D eigenvalue weighted by Crippen LogP contribution is 2.50. The van der Waals surface area contributed by atoms with Crippen molar-refractivity contribution in [2.24, 2.45) is 0 Å². The van der Waals surface area contributed by atoms with Crippen LogP contribution in [0.3, 0.4) is 0 Å². The van der Waals surface area contributed by atoms with Crippen molar-refractivity contribution in [1.82, 2.24) is 24.3 Å². The summed E-state index contributed by atoms with van der Waals surface area (Å²) >= 11 is 0. The summed E-state index contributed by atoms with van der Waals surface area (Å²) in [6, 6.07) is 1.72. The Bertz CT molecular complexity index is 939. The first kappa shape index (κ1) is 20.4. The SMILES string of the molecule is CC[C@]12COC([C@H](n3ccc(-n4cncn4)nc3=O)O1)[C@H]2O[Si](C)(C)C(C)(C)C. The van der Waals surface area contributed by atoms with E-state index in [1.165, 1.54) is 21.9 Å². The van der Waals surface area contributed by atoms with Gasteiger partial charge in [-0.2, -0.15) is 10.1 Å². The maximum Gasteiger partial charge on any atom is 0.351 e. The lowest BCUT2D eigenvalue weighted by atomic mass is 9.96. The van der Waals surface area contributed by atoms with Gasteiger partial charge in [-0.25, -0.2) is 14.5 Å². The Morgan fingerprint density at radius 3 is 2.72 bits per heavy atom. The number of ether oxygens (including phenoxy) is 2. The van der Waals surface area contributed by atoms with Crippen molar-refractivity contribution in [3.63, 3.8) is 0 Å². The summed E-state index contributed by atoms with van der Waals surface area (Å²) in [6.07, 6.45) is 4.20. The summed E-state index contributed by atoms with van der Waals surface area (Å²) in [5, 5.41) is 4.08. The van der Waals surface area contributed by atoms with Gasteiger partial charge in [-0.3, -0.25) is 4.57 Å². The molecule has 2 aromatic heterocycles. The first-order valence-corrected chi connectivity index (χ1v) is 12.9. The number of nitrogens with zero attached hydrogens (tertiary/aromatic N) is 5. The van der Waals surface area contributed by atoms with Crippen LogP contribution >= 0.6 is 0 Å². The molecular formula is C19H29N5O4Si. The molecule has 1 unspecified atom stereocenters. The van der Waals surface area contributed by atoms with Crippen molar-refractivity contribution in [2.45, 2.75) is 76.3 Å². The zero-order chi connectivity index (χ0) is 21.0. The molecule has 0 radical (unpaired) electrons. The minimum absolute atomic E-state index is 0.0668. The van der Waals surface area contributed by atoms with Gasteiger partial charge in [0.1, 0.15) is 30.5 Å². The summed E-state index contributed by atoms with van der Waals surface area (Å²) < 4.78 is 22.2. The number of hydrogen-bond acceptors (Lipinski definition) is 7. The molecule has 29 heavy (non-hydrogen) atoms. The predicted molar refractivity (Wildman–Crippen MR) is 108 cm³/mol. The van der Waals surface area contributed by atoms with E-state index in [9.17, 15) is 4.79 Å². The number of rotatable bonds is 5. The van der Waals surface area contributed by atoms with Crippen molar-refractivity contribution in [3.8, 4) is 5.82 Å². The molecule has 0 aromatic carbocycles. The average molecular weight is 420 g/mol. The molecule has 2 aliphatic rings. The molecule has 2 bridgehead atoms. The van der Waals surface area contributed by atoms with Crippen LogP contribution in [0.25, 0.3) is 5.82 Å². The van der Waals surface area contributed by atoms with E-state index in [-0.39, 0.29) is 17.2 Å². The molecule has 4 heterocycles. The van der Waals surface area contributed by atoms with Crippen molar-refractivity contribution >= 4 is 8.32 Å². The Hall–Kier alpha value is -1.88. The van der Waals surface area contributed by atoms with E-state index in [0.717, 1.165) is 6.42 Å². The van der Waals surface area contributed by atoms with Crippen molar-refractivity contribution in [1.29, 1.82) is 0 Å². The molecule has 2 saturated heterocycles. The van der Waals surface area contributed by atoms with Crippen molar-refractivity contribution < 1.29 is 13.9 Å². The highest BCUT2D eigenvalue weighted by atomic mass is 28.4. The summed E-state index contributed by atoms with van der Waals surface area (Å²) in [7, 11) is -2.05. The zero-order valence-corrected chi connectivity index (χ0v) is 18.8. The van der Waals surface area contributed by atoms with Crippen LogP contribution in [-0.2, 0) is 13.9 Å². The van der Waals surface area contributed by atoms with E-state index in [1.54, 1.807) is 12.3 Å². The molecular weight excluding hydrogens is 390 g/mol. The van der Waals surface area contributed by atoms with Crippen LogP contribution in [0.4, 0.5) is 0 Å². The van der Waals surface area contributed by atoms with Gasteiger partial charge in [-0.05, 0) is 30.6 Å². The lowest BCUT2D eigenvalue weighted by molar-refractivity contribution is -0.175. The molecule has 158 valence electrons. The number of hydrogen-bond donors (Lipinski definition) is 0. The fourth-order valence-electron chi connectivity index (χ4n) is 3.67. The standard InChI is InChI=1S/C19H29N5O4Si/c1-7-19-10-26-14(15(19)28-29(5,6)18(2,3)4)16(27-19)23-9-8-13(22-17(23)25)24-12-20-11-21-24/h8-9,11-12,14-16H,7,10H2,1-6H3/t14?,15-,16-,19-/m1/s1. The molecule has 0 amide bonds. The van der Waals surface area contributed by atoms with Crippen LogP contribution in [0.5, 0.6) is 0 Å². The highest BCUT2D eigenvalue weighted by Gasteiger charge is 2.63. The van der Waals surface area contributed by atoms with Gasteiger partial charge in [0, 0.05) is 6.20 Å². The van der Waals surface area contributed by atoms with E-state index >= 15 is 0 Å². The van der Waals surface area contributed by atoms with Gasteiger partial charge in [-0.15, -0.1) is 0 Å². The molecule has 2 fully saturated rings. The van der Waals surface area contributed by atoms with Crippen molar-refractivity contribution in [3.05, 3.63) is 35.4 Å². The van der Waals surface area contributed by atoms with E-state index in [2.05, 4.69) is 55.9 Å². The third-order valence-electron chi connectivity index (χ3n) is 6.54. The van der Waals surface area contributed by atoms with Crippen LogP contribution in [0.2, 0.25) is 18.1 Å². The van der Waals surface area contributed by atoms with Gasteiger partial charge >= 0.3 is 5.69 Å². The lowest BCUT2D eigenvalue weighted by Gasteiger charge is -2.40. The van der Waals surface area contributed by atoms with Gasteiger partial charge in [-0.1, -0.05) is 27.7 Å². The fraction of sp³-hybridized carbons (Fsp3) is 0.684. The maximum atomic E-state index is 12.8. The molecule has 0 aliphatic carbocycles. The minimum atomic E-state index is -2.05. The Morgan fingerprint density at radius 1 is 1.38 bits per heavy atom.